The van der Waals surface area contributed by atoms with E-state index in [0.29, 0.717) is 11.3 Å². The molecule has 0 heterocycles. The lowest BCUT2D eigenvalue weighted by atomic mass is 10.0. The van der Waals surface area contributed by atoms with Crippen LogP contribution < -0.4 is 5.32 Å². The Kier molecular flexibility index (Phi) is 4.00. The number of hydrogen-bond acceptors (Lipinski definition) is 1. The quantitative estimate of drug-likeness (QED) is 0.830. The van der Waals surface area contributed by atoms with E-state index in [1.54, 1.807) is 0 Å². The normalized spacial score (nSPS) is 11.4. The van der Waals surface area contributed by atoms with Crippen molar-refractivity contribution in [3.8, 4) is 12.3 Å². The number of anilines is 1. The lowest BCUT2D eigenvalue weighted by Gasteiger charge is -2.13. The van der Waals surface area contributed by atoms with Gasteiger partial charge in [0.1, 0.15) is 0 Å². The third kappa shape index (κ3) is 3.02. The molecule has 19 heavy (non-hydrogen) atoms. The standard InChI is InChI=1S/C17H15NO/c1-3-14-9-7-8-12-16(14)18-17(19)13(2)15-10-5-4-6-11-15/h1,4-13H,2H3,(H,18,19). The van der Waals surface area contributed by atoms with Crippen LogP contribution in [0.5, 0.6) is 0 Å². The minimum Gasteiger partial charge on any atom is -0.324 e. The Morgan fingerprint density at radius 3 is 2.42 bits per heavy atom. The molecule has 94 valence electrons. The molecule has 1 atom stereocenters. The van der Waals surface area contributed by atoms with E-state index in [1.165, 1.54) is 0 Å². The first-order valence-corrected chi connectivity index (χ1v) is 6.14. The van der Waals surface area contributed by atoms with E-state index >= 15 is 0 Å². The van der Waals surface area contributed by atoms with Gasteiger partial charge in [-0.3, -0.25) is 4.79 Å². The topological polar surface area (TPSA) is 29.1 Å². The molecule has 0 bridgehead atoms. The molecule has 0 spiro atoms. The number of para-hydroxylation sites is 1. The number of carbonyl (C=O) groups is 1. The number of terminal acetylenes is 1. The lowest BCUT2D eigenvalue weighted by molar-refractivity contribution is -0.117. The molecule has 0 saturated heterocycles. The van der Waals surface area contributed by atoms with E-state index in [-0.39, 0.29) is 11.8 Å². The molecule has 1 unspecified atom stereocenters. The molecule has 0 aliphatic heterocycles. The molecule has 2 rings (SSSR count). The van der Waals surface area contributed by atoms with Gasteiger partial charge in [0.15, 0.2) is 0 Å². The fourth-order valence-corrected chi connectivity index (χ4v) is 1.85. The first-order valence-electron chi connectivity index (χ1n) is 6.14. The van der Waals surface area contributed by atoms with Gasteiger partial charge in [0, 0.05) is 5.56 Å². The van der Waals surface area contributed by atoms with E-state index in [9.17, 15) is 4.79 Å². The van der Waals surface area contributed by atoms with Crippen molar-refractivity contribution in [2.24, 2.45) is 0 Å². The summed E-state index contributed by atoms with van der Waals surface area (Å²) in [6.07, 6.45) is 5.41. The third-order valence-corrected chi connectivity index (χ3v) is 3.03. The number of carbonyl (C=O) groups excluding carboxylic acids is 1. The van der Waals surface area contributed by atoms with Gasteiger partial charge in [0.2, 0.25) is 5.91 Å². The van der Waals surface area contributed by atoms with Crippen LogP contribution in [0.25, 0.3) is 0 Å². The number of nitrogens with one attached hydrogen (secondary N) is 1. The molecule has 0 radical (unpaired) electrons. The number of amides is 1. The van der Waals surface area contributed by atoms with E-state index < -0.39 is 0 Å². The van der Waals surface area contributed by atoms with Crippen LogP contribution in [-0.4, -0.2) is 5.91 Å². The van der Waals surface area contributed by atoms with Crippen LogP contribution in [0, 0.1) is 12.3 Å². The molecule has 2 nitrogen and oxygen atoms in total. The van der Waals surface area contributed by atoms with E-state index in [0.717, 1.165) is 5.56 Å². The highest BCUT2D eigenvalue weighted by atomic mass is 16.1. The molecule has 0 aliphatic rings. The number of benzene rings is 2. The minimum atomic E-state index is -0.216. The van der Waals surface area contributed by atoms with Crippen molar-refractivity contribution in [3.63, 3.8) is 0 Å². The smallest absolute Gasteiger partial charge is 0.231 e. The Bertz CT molecular complexity index is 611. The van der Waals surface area contributed by atoms with Gasteiger partial charge in [-0.25, -0.2) is 0 Å². The zero-order valence-corrected chi connectivity index (χ0v) is 10.8. The van der Waals surface area contributed by atoms with Crippen LogP contribution in [0.1, 0.15) is 24.0 Å². The highest BCUT2D eigenvalue weighted by molar-refractivity contribution is 5.96. The second-order valence-corrected chi connectivity index (χ2v) is 4.31. The molecule has 2 aromatic rings. The Labute approximate surface area is 113 Å². The van der Waals surface area contributed by atoms with Gasteiger partial charge in [-0.05, 0) is 24.6 Å². The average molecular weight is 249 g/mol. The summed E-state index contributed by atoms with van der Waals surface area (Å²) < 4.78 is 0. The number of rotatable bonds is 3. The van der Waals surface area contributed by atoms with Crippen molar-refractivity contribution in [1.82, 2.24) is 0 Å². The van der Waals surface area contributed by atoms with Gasteiger partial charge in [0.05, 0.1) is 11.6 Å². The fourth-order valence-electron chi connectivity index (χ4n) is 1.85. The van der Waals surface area contributed by atoms with Crippen LogP contribution in [0.15, 0.2) is 54.6 Å². The maximum atomic E-state index is 12.2. The summed E-state index contributed by atoms with van der Waals surface area (Å²) in [5.74, 6) is 2.29. The van der Waals surface area contributed by atoms with Crippen molar-refractivity contribution in [2.45, 2.75) is 12.8 Å². The summed E-state index contributed by atoms with van der Waals surface area (Å²) in [4.78, 5) is 12.2. The Balaban J connectivity index is 2.16. The zero-order valence-electron chi connectivity index (χ0n) is 10.8. The first kappa shape index (κ1) is 12.9. The minimum absolute atomic E-state index is 0.0612. The summed E-state index contributed by atoms with van der Waals surface area (Å²) in [5.41, 5.74) is 2.35. The largest absolute Gasteiger partial charge is 0.324 e. The molecule has 0 aliphatic carbocycles. The van der Waals surface area contributed by atoms with Gasteiger partial charge in [-0.15, -0.1) is 6.42 Å². The van der Waals surface area contributed by atoms with Crippen LogP contribution in [-0.2, 0) is 4.79 Å². The van der Waals surface area contributed by atoms with Crippen molar-refractivity contribution in [2.75, 3.05) is 5.32 Å². The molecular formula is C17H15NO. The van der Waals surface area contributed by atoms with Gasteiger partial charge in [0.25, 0.3) is 0 Å². The fraction of sp³-hybridized carbons (Fsp3) is 0.118. The van der Waals surface area contributed by atoms with Gasteiger partial charge in [-0.1, -0.05) is 48.4 Å². The molecule has 1 amide bonds. The van der Waals surface area contributed by atoms with Crippen molar-refractivity contribution in [1.29, 1.82) is 0 Å². The monoisotopic (exact) mass is 249 g/mol. The summed E-state index contributed by atoms with van der Waals surface area (Å²) in [7, 11) is 0. The average Bonchev–Trinajstić information content (AvgIpc) is 2.48. The van der Waals surface area contributed by atoms with Crippen molar-refractivity contribution < 1.29 is 4.79 Å². The van der Waals surface area contributed by atoms with E-state index in [2.05, 4.69) is 11.2 Å². The third-order valence-electron chi connectivity index (χ3n) is 3.03. The SMILES string of the molecule is C#Cc1ccccc1NC(=O)C(C)c1ccccc1. The lowest BCUT2D eigenvalue weighted by Crippen LogP contribution is -2.19. The highest BCUT2D eigenvalue weighted by Gasteiger charge is 2.15. The van der Waals surface area contributed by atoms with Gasteiger partial charge < -0.3 is 5.32 Å². The first-order chi connectivity index (χ1) is 9.22. The Morgan fingerprint density at radius 2 is 1.74 bits per heavy atom. The number of hydrogen-bond donors (Lipinski definition) is 1. The second kappa shape index (κ2) is 5.88. The Hall–Kier alpha value is -2.53. The van der Waals surface area contributed by atoms with Crippen LogP contribution >= 0.6 is 0 Å². The van der Waals surface area contributed by atoms with E-state index in [1.807, 2.05) is 61.5 Å². The molecule has 0 saturated carbocycles. The molecule has 2 heteroatoms. The van der Waals surface area contributed by atoms with Crippen LogP contribution in [0.2, 0.25) is 0 Å². The molecular weight excluding hydrogens is 234 g/mol. The van der Waals surface area contributed by atoms with Crippen LogP contribution in [0.3, 0.4) is 0 Å². The maximum Gasteiger partial charge on any atom is 0.231 e. The maximum absolute atomic E-state index is 12.2. The van der Waals surface area contributed by atoms with Crippen molar-refractivity contribution >= 4 is 11.6 Å². The predicted octanol–water partition coefficient (Wildman–Crippen LogP) is 3.41. The van der Waals surface area contributed by atoms with Crippen LogP contribution in [0.4, 0.5) is 5.69 Å². The van der Waals surface area contributed by atoms with E-state index in [4.69, 9.17) is 6.42 Å². The molecule has 1 N–H and O–H groups in total. The molecule has 0 aromatic heterocycles. The summed E-state index contributed by atoms with van der Waals surface area (Å²) in [5, 5.41) is 2.88. The summed E-state index contributed by atoms with van der Waals surface area (Å²) in [6, 6.07) is 17.0. The molecule has 2 aromatic carbocycles. The van der Waals surface area contributed by atoms with Gasteiger partial charge in [-0.2, -0.15) is 0 Å². The summed E-state index contributed by atoms with van der Waals surface area (Å²) >= 11 is 0. The Morgan fingerprint density at radius 1 is 1.11 bits per heavy atom. The van der Waals surface area contributed by atoms with Crippen molar-refractivity contribution in [3.05, 3.63) is 65.7 Å². The molecule has 0 fully saturated rings. The predicted molar refractivity (Wildman–Crippen MR) is 77.9 cm³/mol. The summed E-state index contributed by atoms with van der Waals surface area (Å²) in [6.45, 7) is 1.88. The second-order valence-electron chi connectivity index (χ2n) is 4.31. The highest BCUT2D eigenvalue weighted by Crippen LogP contribution is 2.19. The zero-order chi connectivity index (χ0) is 13.7. The van der Waals surface area contributed by atoms with Gasteiger partial charge >= 0.3 is 0 Å².